The van der Waals surface area contributed by atoms with E-state index in [2.05, 4.69) is 5.32 Å². The number of thiophene rings is 1. The molecule has 0 aliphatic carbocycles. The molecule has 1 amide bonds. The summed E-state index contributed by atoms with van der Waals surface area (Å²) in [6.45, 7) is 0. The predicted molar refractivity (Wildman–Crippen MR) is 78.7 cm³/mol. The van der Waals surface area contributed by atoms with Crippen molar-refractivity contribution in [1.82, 2.24) is 0 Å². The molecule has 0 unspecified atom stereocenters. The zero-order chi connectivity index (χ0) is 15.8. The molecule has 0 saturated heterocycles. The van der Waals surface area contributed by atoms with Gasteiger partial charge in [0.05, 0.1) is 20.5 Å². The van der Waals surface area contributed by atoms with E-state index in [9.17, 15) is 18.0 Å². The number of hydrogen-bond donors (Lipinski definition) is 1. The Balaban J connectivity index is 2.28. The fourth-order valence-electron chi connectivity index (χ4n) is 1.51. The molecule has 0 aliphatic rings. The van der Waals surface area contributed by atoms with Gasteiger partial charge in [0.2, 0.25) is 0 Å². The van der Waals surface area contributed by atoms with Crippen molar-refractivity contribution >= 4 is 57.7 Å². The molecular weight excluding hydrogens is 370 g/mol. The normalized spacial score (nSPS) is 11.5. The Morgan fingerprint density at radius 1 is 1.14 bits per heavy atom. The molecule has 1 heterocycles. The number of amides is 1. The second-order valence-corrected chi connectivity index (χ2v) is 6.58. The fourth-order valence-corrected chi connectivity index (χ4v) is 3.20. The van der Waals surface area contributed by atoms with Gasteiger partial charge in [-0.05, 0) is 24.3 Å². The summed E-state index contributed by atoms with van der Waals surface area (Å²) in [6, 6.07) is 4.41. The van der Waals surface area contributed by atoms with Gasteiger partial charge in [-0.2, -0.15) is 13.2 Å². The van der Waals surface area contributed by atoms with Gasteiger partial charge in [0.15, 0.2) is 0 Å². The minimum absolute atomic E-state index is 0.0462. The van der Waals surface area contributed by atoms with E-state index in [1.54, 1.807) is 0 Å². The molecular formula is C12H5Cl3F3NOS. The maximum atomic E-state index is 12.7. The Morgan fingerprint density at radius 2 is 1.81 bits per heavy atom. The van der Waals surface area contributed by atoms with Gasteiger partial charge >= 0.3 is 6.18 Å². The summed E-state index contributed by atoms with van der Waals surface area (Å²) in [6.07, 6.45) is -4.61. The Kier molecular flexibility index (Phi) is 4.72. The van der Waals surface area contributed by atoms with Crippen LogP contribution in [-0.2, 0) is 6.18 Å². The van der Waals surface area contributed by atoms with Crippen molar-refractivity contribution in [1.29, 1.82) is 0 Å². The maximum Gasteiger partial charge on any atom is 0.417 e. The lowest BCUT2D eigenvalue weighted by atomic mass is 10.2. The Labute approximate surface area is 136 Å². The molecule has 0 fully saturated rings. The van der Waals surface area contributed by atoms with E-state index in [0.717, 1.165) is 23.5 Å². The molecule has 0 aliphatic heterocycles. The average Bonchev–Trinajstić information content (AvgIpc) is 2.69. The lowest BCUT2D eigenvalue weighted by Crippen LogP contribution is -2.13. The van der Waals surface area contributed by atoms with E-state index in [1.807, 2.05) is 0 Å². The molecule has 112 valence electrons. The highest BCUT2D eigenvalue weighted by Crippen LogP contribution is 2.36. The van der Waals surface area contributed by atoms with Crippen LogP contribution in [0.5, 0.6) is 0 Å². The first-order valence-electron chi connectivity index (χ1n) is 5.31. The minimum atomic E-state index is -4.61. The number of rotatable bonds is 2. The van der Waals surface area contributed by atoms with Crippen molar-refractivity contribution < 1.29 is 18.0 Å². The molecule has 0 spiro atoms. The van der Waals surface area contributed by atoms with Gasteiger partial charge in [0.1, 0.15) is 4.34 Å². The van der Waals surface area contributed by atoms with Crippen LogP contribution in [0.25, 0.3) is 0 Å². The quantitative estimate of drug-likeness (QED) is 0.688. The predicted octanol–water partition coefficient (Wildman–Crippen LogP) is 5.98. The zero-order valence-corrected chi connectivity index (χ0v) is 13.0. The third kappa shape index (κ3) is 3.83. The highest BCUT2D eigenvalue weighted by Gasteiger charge is 2.33. The van der Waals surface area contributed by atoms with Crippen molar-refractivity contribution in [3.8, 4) is 0 Å². The standard InChI is InChI=1S/C12H5Cl3F3NOS/c13-8-2-1-5(3-7(8)12(16,17)18)19-11(20)6-4-9(14)21-10(6)15/h1-4H,(H,19,20). The third-order valence-electron chi connectivity index (χ3n) is 2.43. The van der Waals surface area contributed by atoms with Crippen molar-refractivity contribution in [2.75, 3.05) is 5.32 Å². The molecule has 0 radical (unpaired) electrons. The monoisotopic (exact) mass is 373 g/mol. The number of alkyl halides is 3. The SMILES string of the molecule is O=C(Nc1ccc(Cl)c(C(F)(F)F)c1)c1cc(Cl)sc1Cl. The molecule has 0 saturated carbocycles. The molecule has 1 aromatic carbocycles. The number of halogens is 6. The minimum Gasteiger partial charge on any atom is -0.322 e. The summed E-state index contributed by atoms with van der Waals surface area (Å²) < 4.78 is 38.6. The van der Waals surface area contributed by atoms with Gasteiger partial charge in [-0.3, -0.25) is 4.79 Å². The van der Waals surface area contributed by atoms with Crippen molar-refractivity contribution in [2.45, 2.75) is 6.18 Å². The lowest BCUT2D eigenvalue weighted by Gasteiger charge is -2.11. The van der Waals surface area contributed by atoms with Crippen LogP contribution in [0.3, 0.4) is 0 Å². The van der Waals surface area contributed by atoms with Crippen LogP contribution in [0.15, 0.2) is 24.3 Å². The highest BCUT2D eigenvalue weighted by atomic mass is 35.5. The summed E-state index contributed by atoms with van der Waals surface area (Å²) in [5, 5.41) is 1.87. The smallest absolute Gasteiger partial charge is 0.322 e. The Hall–Kier alpha value is -0.950. The summed E-state index contributed by atoms with van der Waals surface area (Å²) in [5.74, 6) is -0.654. The molecule has 1 aromatic heterocycles. The van der Waals surface area contributed by atoms with E-state index in [-0.39, 0.29) is 15.6 Å². The van der Waals surface area contributed by atoms with E-state index in [4.69, 9.17) is 34.8 Å². The van der Waals surface area contributed by atoms with Gasteiger partial charge in [-0.1, -0.05) is 34.8 Å². The Morgan fingerprint density at radius 3 is 2.33 bits per heavy atom. The molecule has 2 nitrogen and oxygen atoms in total. The van der Waals surface area contributed by atoms with Gasteiger partial charge in [-0.15, -0.1) is 11.3 Å². The van der Waals surface area contributed by atoms with E-state index in [0.29, 0.717) is 4.34 Å². The summed E-state index contributed by atoms with van der Waals surface area (Å²) in [5.41, 5.74) is -0.985. The molecule has 2 rings (SSSR count). The second-order valence-electron chi connectivity index (χ2n) is 3.88. The number of nitrogens with one attached hydrogen (secondary N) is 1. The zero-order valence-electron chi connectivity index (χ0n) is 9.89. The number of carbonyl (C=O) groups is 1. The highest BCUT2D eigenvalue weighted by molar-refractivity contribution is 7.20. The summed E-state index contributed by atoms with van der Waals surface area (Å²) in [4.78, 5) is 11.9. The largest absolute Gasteiger partial charge is 0.417 e. The van der Waals surface area contributed by atoms with Crippen LogP contribution < -0.4 is 5.32 Å². The maximum absolute atomic E-state index is 12.7. The average molecular weight is 375 g/mol. The van der Waals surface area contributed by atoms with Gasteiger partial charge < -0.3 is 5.32 Å². The van der Waals surface area contributed by atoms with Crippen molar-refractivity contribution in [2.24, 2.45) is 0 Å². The van der Waals surface area contributed by atoms with Crippen LogP contribution in [-0.4, -0.2) is 5.91 Å². The van der Waals surface area contributed by atoms with Gasteiger partial charge in [0, 0.05) is 5.69 Å². The molecule has 2 aromatic rings. The number of benzene rings is 1. The lowest BCUT2D eigenvalue weighted by molar-refractivity contribution is -0.137. The van der Waals surface area contributed by atoms with Crippen LogP contribution in [0.4, 0.5) is 18.9 Å². The Bertz CT molecular complexity index is 700. The van der Waals surface area contributed by atoms with Crippen LogP contribution in [0, 0.1) is 0 Å². The fraction of sp³-hybridized carbons (Fsp3) is 0.0833. The molecule has 1 N–H and O–H groups in total. The van der Waals surface area contributed by atoms with E-state index in [1.165, 1.54) is 12.1 Å². The number of hydrogen-bond acceptors (Lipinski definition) is 2. The first kappa shape index (κ1) is 16.4. The van der Waals surface area contributed by atoms with Crippen LogP contribution in [0.2, 0.25) is 13.7 Å². The number of anilines is 1. The van der Waals surface area contributed by atoms with Crippen molar-refractivity contribution in [3.63, 3.8) is 0 Å². The van der Waals surface area contributed by atoms with Crippen LogP contribution >= 0.6 is 46.1 Å². The molecule has 21 heavy (non-hydrogen) atoms. The second kappa shape index (κ2) is 6.04. The number of carbonyl (C=O) groups excluding carboxylic acids is 1. The van der Waals surface area contributed by atoms with Crippen molar-refractivity contribution in [3.05, 3.63) is 49.1 Å². The summed E-state index contributed by atoms with van der Waals surface area (Å²) >= 11 is 18.0. The summed E-state index contributed by atoms with van der Waals surface area (Å²) in [7, 11) is 0. The molecule has 9 heteroatoms. The van der Waals surface area contributed by atoms with Crippen LogP contribution in [0.1, 0.15) is 15.9 Å². The van der Waals surface area contributed by atoms with Gasteiger partial charge in [-0.25, -0.2) is 0 Å². The van der Waals surface area contributed by atoms with E-state index < -0.39 is 22.7 Å². The molecule has 0 atom stereocenters. The first-order valence-corrected chi connectivity index (χ1v) is 7.26. The van der Waals surface area contributed by atoms with E-state index >= 15 is 0 Å². The molecule has 0 bridgehead atoms. The topological polar surface area (TPSA) is 29.1 Å². The van der Waals surface area contributed by atoms with Gasteiger partial charge in [0.25, 0.3) is 5.91 Å². The third-order valence-corrected chi connectivity index (χ3v) is 4.25. The first-order chi connectivity index (χ1) is 9.68.